The molecule has 1 unspecified atom stereocenters. The van der Waals surface area contributed by atoms with Gasteiger partial charge in [-0.1, -0.05) is 17.7 Å². The Morgan fingerprint density at radius 2 is 2.17 bits per heavy atom. The van der Waals surface area contributed by atoms with E-state index in [0.29, 0.717) is 16.7 Å². The van der Waals surface area contributed by atoms with Crippen molar-refractivity contribution in [3.05, 3.63) is 52.4 Å². The van der Waals surface area contributed by atoms with Crippen molar-refractivity contribution in [2.24, 2.45) is 0 Å². The number of aliphatic hydroxyl groups is 1. The van der Waals surface area contributed by atoms with E-state index < -0.39 is 17.8 Å². The van der Waals surface area contributed by atoms with E-state index >= 15 is 0 Å². The van der Waals surface area contributed by atoms with Crippen LogP contribution >= 0.6 is 11.6 Å². The van der Waals surface area contributed by atoms with Gasteiger partial charge in [0, 0.05) is 6.54 Å². The van der Waals surface area contributed by atoms with E-state index in [0.717, 1.165) is 6.07 Å². The van der Waals surface area contributed by atoms with Crippen LogP contribution in [0, 0.1) is 5.82 Å². The number of halogens is 2. The van der Waals surface area contributed by atoms with Crippen LogP contribution in [0.25, 0.3) is 11.2 Å². The first-order valence-corrected chi connectivity index (χ1v) is 7.01. The Kier molecular flexibility index (Phi) is 4.18. The molecule has 3 N–H and O–H groups in total. The highest BCUT2D eigenvalue weighted by molar-refractivity contribution is 6.30. The molecular weight excluding hydrogens is 325 g/mol. The van der Waals surface area contributed by atoms with Crippen molar-refractivity contribution < 1.29 is 14.3 Å². The van der Waals surface area contributed by atoms with Crippen LogP contribution in [0.2, 0.25) is 5.02 Å². The molecule has 2 aromatic heterocycles. The minimum absolute atomic E-state index is 0.0323. The monoisotopic (exact) mass is 335 g/mol. The quantitative estimate of drug-likeness (QED) is 0.672. The van der Waals surface area contributed by atoms with Gasteiger partial charge in [-0.25, -0.2) is 9.37 Å². The second kappa shape index (κ2) is 6.27. The first-order valence-electron chi connectivity index (χ1n) is 6.63. The molecule has 118 valence electrons. The predicted molar refractivity (Wildman–Crippen MR) is 80.4 cm³/mol. The van der Waals surface area contributed by atoms with Crippen LogP contribution in [0.4, 0.5) is 4.39 Å². The van der Waals surface area contributed by atoms with Crippen molar-refractivity contribution in [2.45, 2.75) is 6.10 Å². The van der Waals surface area contributed by atoms with E-state index in [2.05, 4.69) is 25.7 Å². The fourth-order valence-corrected chi connectivity index (χ4v) is 2.10. The summed E-state index contributed by atoms with van der Waals surface area (Å²) in [6.45, 7) is -0.0988. The average Bonchev–Trinajstić information content (AvgIpc) is 3.02. The molecule has 0 saturated carbocycles. The summed E-state index contributed by atoms with van der Waals surface area (Å²) in [5.41, 5.74) is 1.31. The maximum absolute atomic E-state index is 13.4. The number of carbonyl (C=O) groups excluding carboxylic acids is 1. The molecule has 1 atom stereocenters. The first-order chi connectivity index (χ1) is 11.0. The maximum atomic E-state index is 13.4. The van der Waals surface area contributed by atoms with E-state index in [1.165, 1.54) is 18.2 Å². The summed E-state index contributed by atoms with van der Waals surface area (Å²) in [5.74, 6) is -1.11. The largest absolute Gasteiger partial charge is 0.387 e. The SMILES string of the molecule is O=C(NCC(O)c1ccc(Cl)c(F)c1)c1ccc2n[nH]nc2n1. The van der Waals surface area contributed by atoms with E-state index in [4.69, 9.17) is 11.6 Å². The Morgan fingerprint density at radius 1 is 1.35 bits per heavy atom. The van der Waals surface area contributed by atoms with Crippen LogP contribution in [0.3, 0.4) is 0 Å². The van der Waals surface area contributed by atoms with Crippen LogP contribution < -0.4 is 5.32 Å². The molecule has 1 aromatic carbocycles. The molecule has 0 bridgehead atoms. The molecule has 23 heavy (non-hydrogen) atoms. The Labute approximate surface area is 134 Å². The summed E-state index contributed by atoms with van der Waals surface area (Å²) >= 11 is 5.58. The Bertz CT molecular complexity index is 869. The summed E-state index contributed by atoms with van der Waals surface area (Å²) < 4.78 is 13.4. The lowest BCUT2D eigenvalue weighted by molar-refractivity contribution is 0.0911. The molecule has 3 rings (SSSR count). The van der Waals surface area contributed by atoms with Gasteiger partial charge in [-0.2, -0.15) is 10.3 Å². The van der Waals surface area contributed by atoms with Gasteiger partial charge >= 0.3 is 0 Å². The molecule has 7 nitrogen and oxygen atoms in total. The summed E-state index contributed by atoms with van der Waals surface area (Å²) in [5, 5.41) is 22.5. The molecule has 0 aliphatic heterocycles. The van der Waals surface area contributed by atoms with E-state index in [-0.39, 0.29) is 17.3 Å². The van der Waals surface area contributed by atoms with Gasteiger partial charge in [0.25, 0.3) is 5.91 Å². The van der Waals surface area contributed by atoms with Gasteiger partial charge in [0.05, 0.1) is 11.1 Å². The second-order valence-corrected chi connectivity index (χ2v) is 5.17. The summed E-state index contributed by atoms with van der Waals surface area (Å²) in [6.07, 6.45) is -1.07. The molecule has 0 aliphatic rings. The number of hydrogen-bond donors (Lipinski definition) is 3. The number of rotatable bonds is 4. The van der Waals surface area contributed by atoms with Gasteiger partial charge < -0.3 is 10.4 Å². The van der Waals surface area contributed by atoms with Gasteiger partial charge in [0.2, 0.25) is 5.65 Å². The van der Waals surface area contributed by atoms with Crippen LogP contribution in [0.5, 0.6) is 0 Å². The number of aliphatic hydroxyl groups excluding tert-OH is 1. The van der Waals surface area contributed by atoms with Gasteiger partial charge in [-0.05, 0) is 29.8 Å². The predicted octanol–water partition coefficient (Wildman–Crippen LogP) is 1.61. The topological polar surface area (TPSA) is 104 Å². The van der Waals surface area contributed by atoms with E-state index in [9.17, 15) is 14.3 Å². The zero-order valence-electron chi connectivity index (χ0n) is 11.6. The van der Waals surface area contributed by atoms with Crippen molar-refractivity contribution in [1.82, 2.24) is 25.7 Å². The maximum Gasteiger partial charge on any atom is 0.270 e. The molecule has 0 spiro atoms. The highest BCUT2D eigenvalue weighted by Gasteiger charge is 2.14. The number of amides is 1. The van der Waals surface area contributed by atoms with Gasteiger partial charge in [0.1, 0.15) is 17.0 Å². The first kappa shape index (κ1) is 15.3. The zero-order chi connectivity index (χ0) is 16.4. The number of benzene rings is 1. The number of aromatic nitrogens is 4. The van der Waals surface area contributed by atoms with Gasteiger partial charge in [-0.15, -0.1) is 5.10 Å². The Balaban J connectivity index is 1.66. The fraction of sp³-hybridized carbons (Fsp3) is 0.143. The molecule has 0 aliphatic carbocycles. The highest BCUT2D eigenvalue weighted by Crippen LogP contribution is 2.20. The minimum atomic E-state index is -1.07. The van der Waals surface area contributed by atoms with Crippen LogP contribution in [0.1, 0.15) is 22.2 Å². The van der Waals surface area contributed by atoms with Crippen molar-refractivity contribution in [3.8, 4) is 0 Å². The van der Waals surface area contributed by atoms with Crippen LogP contribution in [-0.2, 0) is 0 Å². The van der Waals surface area contributed by atoms with Crippen molar-refractivity contribution in [1.29, 1.82) is 0 Å². The van der Waals surface area contributed by atoms with E-state index in [1.807, 2.05) is 0 Å². The number of H-pyrrole nitrogens is 1. The number of aromatic amines is 1. The lowest BCUT2D eigenvalue weighted by atomic mass is 10.1. The third-order valence-corrected chi connectivity index (χ3v) is 3.50. The van der Waals surface area contributed by atoms with Gasteiger partial charge in [0.15, 0.2) is 0 Å². The standard InChI is InChI=1S/C14H11ClFN5O2/c15-8-2-1-7(5-9(8)16)12(22)6-17-14(23)11-4-3-10-13(18-11)20-21-19-10/h1-5,12,22H,6H2,(H,17,23)(H,18,19,20,21). The van der Waals surface area contributed by atoms with Crippen molar-refractivity contribution in [2.75, 3.05) is 6.54 Å². The molecule has 9 heteroatoms. The van der Waals surface area contributed by atoms with Crippen LogP contribution in [-0.4, -0.2) is 38.0 Å². The Morgan fingerprint density at radius 3 is 2.96 bits per heavy atom. The summed E-state index contributed by atoms with van der Waals surface area (Å²) in [7, 11) is 0. The number of pyridine rings is 1. The number of nitrogens with one attached hydrogen (secondary N) is 2. The minimum Gasteiger partial charge on any atom is -0.387 e. The highest BCUT2D eigenvalue weighted by atomic mass is 35.5. The van der Waals surface area contributed by atoms with Crippen molar-refractivity contribution >= 4 is 28.7 Å². The molecular formula is C14H11ClFN5O2. The molecule has 0 radical (unpaired) electrons. The number of nitrogens with zero attached hydrogens (tertiary/aromatic N) is 3. The third-order valence-electron chi connectivity index (χ3n) is 3.20. The zero-order valence-corrected chi connectivity index (χ0v) is 12.4. The van der Waals surface area contributed by atoms with Gasteiger partial charge in [-0.3, -0.25) is 4.79 Å². The van der Waals surface area contributed by atoms with Crippen molar-refractivity contribution in [3.63, 3.8) is 0 Å². The normalized spacial score (nSPS) is 12.3. The smallest absolute Gasteiger partial charge is 0.270 e. The Hall–Kier alpha value is -2.58. The lowest BCUT2D eigenvalue weighted by Crippen LogP contribution is -2.29. The summed E-state index contributed by atoms with van der Waals surface area (Å²) in [6, 6.07) is 7.05. The summed E-state index contributed by atoms with van der Waals surface area (Å²) in [4.78, 5) is 16.1. The third kappa shape index (κ3) is 3.27. The molecule has 2 heterocycles. The fourth-order valence-electron chi connectivity index (χ4n) is 1.98. The van der Waals surface area contributed by atoms with Crippen LogP contribution in [0.15, 0.2) is 30.3 Å². The second-order valence-electron chi connectivity index (χ2n) is 4.76. The molecule has 1 amide bonds. The number of carbonyl (C=O) groups is 1. The van der Waals surface area contributed by atoms with E-state index in [1.54, 1.807) is 6.07 Å². The average molecular weight is 336 g/mol. The number of fused-ring (bicyclic) bond motifs is 1. The molecule has 0 fully saturated rings. The lowest BCUT2D eigenvalue weighted by Gasteiger charge is -2.12. The number of hydrogen-bond acceptors (Lipinski definition) is 5. The molecule has 0 saturated heterocycles. The molecule has 3 aromatic rings.